The van der Waals surface area contributed by atoms with Gasteiger partial charge in [-0.1, -0.05) is 36.4 Å². The van der Waals surface area contributed by atoms with Gasteiger partial charge in [0, 0.05) is 31.9 Å². The lowest BCUT2D eigenvalue weighted by molar-refractivity contribution is 0.311. The molecule has 1 N–H and O–H groups in total. The largest absolute Gasteiger partial charge is 0.339 e. The van der Waals surface area contributed by atoms with Gasteiger partial charge in [0.05, 0.1) is 17.3 Å². The number of fused-ring (bicyclic) bond motifs is 1. The lowest BCUT2D eigenvalue weighted by atomic mass is 10.2. The van der Waals surface area contributed by atoms with Crippen molar-refractivity contribution in [3.63, 3.8) is 0 Å². The zero-order valence-electron chi connectivity index (χ0n) is 17.3. The lowest BCUT2D eigenvalue weighted by Gasteiger charge is -2.32. The Morgan fingerprint density at radius 1 is 0.867 bits per heavy atom. The summed E-state index contributed by atoms with van der Waals surface area (Å²) in [5, 5.41) is 9.07. The normalized spacial score (nSPS) is 14.9. The van der Waals surface area contributed by atoms with Gasteiger partial charge < -0.3 is 15.1 Å². The van der Waals surface area contributed by atoms with E-state index in [2.05, 4.69) is 46.3 Å². The van der Waals surface area contributed by atoms with Crippen LogP contribution in [0.5, 0.6) is 0 Å². The van der Waals surface area contributed by atoms with Crippen molar-refractivity contribution in [2.45, 2.75) is 6.92 Å². The van der Waals surface area contributed by atoms with E-state index in [4.69, 9.17) is 9.97 Å². The van der Waals surface area contributed by atoms with Gasteiger partial charge in [-0.25, -0.2) is 4.68 Å². The van der Waals surface area contributed by atoms with E-state index < -0.39 is 0 Å². The first-order valence-corrected chi connectivity index (χ1v) is 10.3. The number of aryl methyl sites for hydroxylation is 1. The smallest absolute Gasteiger partial charge is 0.229 e. The number of anilines is 3. The number of hydrogen-bond donors (Lipinski definition) is 1. The van der Waals surface area contributed by atoms with Crippen LogP contribution < -0.4 is 10.2 Å². The van der Waals surface area contributed by atoms with Crippen LogP contribution in [0.2, 0.25) is 0 Å². The monoisotopic (exact) mass is 399 g/mol. The number of hydrogen-bond acceptors (Lipinski definition) is 6. The Bertz CT molecular complexity index is 1160. The SMILES string of the molecule is Cc1ccccc1Nc1nc(N2CCN(C)CC2)nc2c1cnn2-c1ccccc1. The quantitative estimate of drug-likeness (QED) is 0.566. The van der Waals surface area contributed by atoms with Gasteiger partial charge >= 0.3 is 0 Å². The summed E-state index contributed by atoms with van der Waals surface area (Å²) >= 11 is 0. The van der Waals surface area contributed by atoms with Crippen LogP contribution in [0, 0.1) is 6.92 Å². The van der Waals surface area contributed by atoms with Gasteiger partial charge in [0.1, 0.15) is 5.82 Å². The molecule has 0 unspecified atom stereocenters. The molecular weight excluding hydrogens is 374 g/mol. The third-order valence-electron chi connectivity index (χ3n) is 5.60. The van der Waals surface area contributed by atoms with Gasteiger partial charge in [-0.15, -0.1) is 0 Å². The molecule has 0 bridgehead atoms. The van der Waals surface area contributed by atoms with E-state index in [1.54, 1.807) is 0 Å². The maximum Gasteiger partial charge on any atom is 0.229 e. The Balaban J connectivity index is 1.64. The minimum Gasteiger partial charge on any atom is -0.339 e. The highest BCUT2D eigenvalue weighted by Gasteiger charge is 2.21. The summed E-state index contributed by atoms with van der Waals surface area (Å²) in [6.07, 6.45) is 1.84. The summed E-state index contributed by atoms with van der Waals surface area (Å²) < 4.78 is 1.89. The fraction of sp³-hybridized carbons (Fsp3) is 0.261. The molecule has 7 nitrogen and oxygen atoms in total. The molecule has 1 saturated heterocycles. The molecule has 2 aromatic carbocycles. The third kappa shape index (κ3) is 3.48. The number of benzene rings is 2. The van der Waals surface area contributed by atoms with Gasteiger partial charge in [0.15, 0.2) is 5.65 Å². The molecule has 0 aliphatic carbocycles. The standard InChI is InChI=1S/C23H25N7/c1-17-8-6-7-11-20(17)25-21-19-16-24-30(18-9-4-3-5-10-18)22(19)27-23(26-21)29-14-12-28(2)13-15-29/h3-11,16H,12-15H2,1-2H3,(H,25,26,27). The van der Waals surface area contributed by atoms with E-state index in [9.17, 15) is 0 Å². The number of nitrogens with zero attached hydrogens (tertiary/aromatic N) is 6. The Kier molecular flexibility index (Phi) is 4.80. The first-order chi connectivity index (χ1) is 14.7. The maximum atomic E-state index is 4.94. The number of para-hydroxylation sites is 2. The highest BCUT2D eigenvalue weighted by Crippen LogP contribution is 2.29. The topological polar surface area (TPSA) is 62.1 Å². The van der Waals surface area contributed by atoms with E-state index >= 15 is 0 Å². The predicted octanol–water partition coefficient (Wildman–Crippen LogP) is 3.62. The van der Waals surface area contributed by atoms with Crippen LogP contribution in [0.1, 0.15) is 5.56 Å². The number of likely N-dealkylation sites (N-methyl/N-ethyl adjacent to an activating group) is 1. The van der Waals surface area contributed by atoms with Crippen LogP contribution in [0.4, 0.5) is 17.5 Å². The second-order valence-corrected chi connectivity index (χ2v) is 7.73. The molecule has 1 aliphatic heterocycles. The minimum atomic E-state index is 0.740. The molecular formula is C23H25N7. The average molecular weight is 400 g/mol. The Morgan fingerprint density at radius 2 is 1.60 bits per heavy atom. The van der Waals surface area contributed by atoms with E-state index in [0.717, 1.165) is 60.4 Å². The number of nitrogens with one attached hydrogen (secondary N) is 1. The van der Waals surface area contributed by atoms with Crippen LogP contribution >= 0.6 is 0 Å². The van der Waals surface area contributed by atoms with Crippen LogP contribution in [0.3, 0.4) is 0 Å². The number of rotatable bonds is 4. The molecule has 4 aromatic rings. The van der Waals surface area contributed by atoms with Crippen molar-refractivity contribution in [3.8, 4) is 5.69 Å². The zero-order chi connectivity index (χ0) is 20.5. The van der Waals surface area contributed by atoms with Crippen molar-refractivity contribution < 1.29 is 0 Å². The second kappa shape index (κ2) is 7.76. The van der Waals surface area contributed by atoms with Gasteiger partial charge in [0.25, 0.3) is 0 Å². The Hall–Kier alpha value is -3.45. The minimum absolute atomic E-state index is 0.740. The first kappa shape index (κ1) is 18.6. The van der Waals surface area contributed by atoms with Crippen molar-refractivity contribution in [1.29, 1.82) is 0 Å². The lowest BCUT2D eigenvalue weighted by Crippen LogP contribution is -2.45. The summed E-state index contributed by atoms with van der Waals surface area (Å²) in [6.45, 7) is 5.91. The van der Waals surface area contributed by atoms with Crippen LogP contribution in [-0.4, -0.2) is 57.9 Å². The molecule has 0 atom stereocenters. The molecule has 5 rings (SSSR count). The second-order valence-electron chi connectivity index (χ2n) is 7.73. The summed E-state index contributed by atoms with van der Waals surface area (Å²) in [4.78, 5) is 14.5. The third-order valence-corrected chi connectivity index (χ3v) is 5.60. The Morgan fingerprint density at radius 3 is 2.37 bits per heavy atom. The van der Waals surface area contributed by atoms with Crippen molar-refractivity contribution in [3.05, 3.63) is 66.4 Å². The van der Waals surface area contributed by atoms with E-state index in [1.165, 1.54) is 5.56 Å². The highest BCUT2D eigenvalue weighted by atomic mass is 15.4. The first-order valence-electron chi connectivity index (χ1n) is 10.3. The number of piperazine rings is 1. The molecule has 0 amide bonds. The molecule has 1 fully saturated rings. The van der Waals surface area contributed by atoms with Gasteiger partial charge in [-0.2, -0.15) is 15.1 Å². The van der Waals surface area contributed by atoms with Crippen molar-refractivity contribution in [1.82, 2.24) is 24.6 Å². The summed E-state index contributed by atoms with van der Waals surface area (Å²) in [6, 6.07) is 18.3. The summed E-state index contributed by atoms with van der Waals surface area (Å²) in [7, 11) is 2.15. The van der Waals surface area contributed by atoms with E-state index in [1.807, 2.05) is 53.3 Å². The van der Waals surface area contributed by atoms with E-state index in [-0.39, 0.29) is 0 Å². The highest BCUT2D eigenvalue weighted by molar-refractivity contribution is 5.90. The predicted molar refractivity (Wildman–Crippen MR) is 121 cm³/mol. The molecule has 30 heavy (non-hydrogen) atoms. The van der Waals surface area contributed by atoms with Gasteiger partial charge in [-0.3, -0.25) is 0 Å². The molecule has 152 valence electrons. The molecule has 1 aliphatic rings. The molecule has 0 saturated carbocycles. The van der Waals surface area contributed by atoms with Crippen molar-refractivity contribution in [2.24, 2.45) is 0 Å². The summed E-state index contributed by atoms with van der Waals surface area (Å²) in [5.74, 6) is 1.52. The van der Waals surface area contributed by atoms with Crippen molar-refractivity contribution >= 4 is 28.5 Å². The Labute approximate surface area is 176 Å². The number of aromatic nitrogens is 4. The molecule has 0 radical (unpaired) electrons. The van der Waals surface area contributed by atoms with Crippen LogP contribution in [-0.2, 0) is 0 Å². The van der Waals surface area contributed by atoms with E-state index in [0.29, 0.717) is 0 Å². The maximum absolute atomic E-state index is 4.94. The average Bonchev–Trinajstić information content (AvgIpc) is 3.21. The molecule has 3 heterocycles. The zero-order valence-corrected chi connectivity index (χ0v) is 17.3. The van der Waals surface area contributed by atoms with Crippen molar-refractivity contribution in [2.75, 3.05) is 43.4 Å². The van der Waals surface area contributed by atoms with Gasteiger partial charge in [-0.05, 0) is 37.7 Å². The molecule has 0 spiro atoms. The molecule has 2 aromatic heterocycles. The van der Waals surface area contributed by atoms with Gasteiger partial charge in [0.2, 0.25) is 5.95 Å². The van der Waals surface area contributed by atoms with Crippen LogP contribution in [0.15, 0.2) is 60.8 Å². The fourth-order valence-electron chi connectivity index (χ4n) is 3.74. The van der Waals surface area contributed by atoms with Crippen LogP contribution in [0.25, 0.3) is 16.7 Å². The fourth-order valence-corrected chi connectivity index (χ4v) is 3.74. The summed E-state index contributed by atoms with van der Waals surface area (Å²) in [5.41, 5.74) is 3.99. The molecule has 7 heteroatoms.